The summed E-state index contributed by atoms with van der Waals surface area (Å²) in [6.07, 6.45) is 0. The summed E-state index contributed by atoms with van der Waals surface area (Å²) in [6, 6.07) is 1.16. The van der Waals surface area contributed by atoms with Crippen LogP contribution < -0.4 is 0 Å². The van der Waals surface area contributed by atoms with Crippen molar-refractivity contribution in [2.24, 2.45) is 0 Å². The molecule has 0 amide bonds. The first-order valence-corrected chi connectivity index (χ1v) is 4.59. The molecule has 98 valence electrons. The van der Waals surface area contributed by atoms with Gasteiger partial charge in [0.1, 0.15) is 6.61 Å². The van der Waals surface area contributed by atoms with Crippen molar-refractivity contribution in [3.8, 4) is 11.8 Å². The van der Waals surface area contributed by atoms with E-state index in [1.807, 2.05) is 5.92 Å². The van der Waals surface area contributed by atoms with Gasteiger partial charge in [0, 0.05) is 0 Å². The van der Waals surface area contributed by atoms with Crippen LogP contribution in [0.1, 0.15) is 5.56 Å². The molecule has 10 nitrogen and oxygen atoms in total. The van der Waals surface area contributed by atoms with E-state index in [-0.39, 0.29) is 0 Å². The fraction of sp³-hybridized carbons (Fsp3) is 0.111. The molecule has 19 heavy (non-hydrogen) atoms. The van der Waals surface area contributed by atoms with E-state index in [0.29, 0.717) is 12.1 Å². The van der Waals surface area contributed by atoms with Crippen LogP contribution >= 0.6 is 0 Å². The summed E-state index contributed by atoms with van der Waals surface area (Å²) in [7, 11) is 0. The molecule has 0 fully saturated rings. The second-order valence-electron chi connectivity index (χ2n) is 3.09. The number of non-ortho nitro benzene ring substituents is 1. The van der Waals surface area contributed by atoms with E-state index in [0.717, 1.165) is 0 Å². The predicted molar refractivity (Wildman–Crippen MR) is 60.4 cm³/mol. The molecule has 1 aromatic rings. The van der Waals surface area contributed by atoms with Crippen LogP contribution in [-0.4, -0.2) is 26.5 Å². The number of hydrogen-bond donors (Lipinski definition) is 1. The lowest BCUT2D eigenvalue weighted by molar-refractivity contribution is -0.403. The Bertz CT molecular complexity index is 593. The third kappa shape index (κ3) is 2.99. The minimum absolute atomic E-state index is 0.578. The average molecular weight is 267 g/mol. The monoisotopic (exact) mass is 267 g/mol. The summed E-state index contributed by atoms with van der Waals surface area (Å²) in [5.41, 5.74) is -3.09. The Kier molecular flexibility index (Phi) is 4.07. The van der Waals surface area contributed by atoms with Gasteiger partial charge in [-0.25, -0.2) is 0 Å². The van der Waals surface area contributed by atoms with E-state index in [9.17, 15) is 30.3 Å². The van der Waals surface area contributed by atoms with Gasteiger partial charge >= 0.3 is 0 Å². The van der Waals surface area contributed by atoms with Gasteiger partial charge in [0.2, 0.25) is 0 Å². The first kappa shape index (κ1) is 14.0. The molecule has 0 unspecified atom stereocenters. The molecule has 1 aromatic carbocycles. The lowest BCUT2D eigenvalue weighted by Crippen LogP contribution is -2.01. The summed E-state index contributed by atoms with van der Waals surface area (Å²) < 4.78 is 0. The Morgan fingerprint density at radius 3 is 1.79 bits per heavy atom. The second-order valence-corrected chi connectivity index (χ2v) is 3.09. The number of hydrogen-bond acceptors (Lipinski definition) is 7. The number of aliphatic hydroxyl groups excluding tert-OH is 1. The number of aliphatic hydroxyl groups is 1. The third-order valence-corrected chi connectivity index (χ3v) is 1.98. The zero-order chi connectivity index (χ0) is 14.6. The van der Waals surface area contributed by atoms with Gasteiger partial charge in [0.25, 0.3) is 17.1 Å². The van der Waals surface area contributed by atoms with Crippen molar-refractivity contribution >= 4 is 17.1 Å². The molecule has 0 aromatic heterocycles. The van der Waals surface area contributed by atoms with E-state index >= 15 is 0 Å². The molecular formula is C9H5N3O7. The molecule has 0 aliphatic rings. The number of nitrogens with zero attached hydrogens (tertiary/aromatic N) is 3. The topological polar surface area (TPSA) is 150 Å². The molecule has 1 N–H and O–H groups in total. The van der Waals surface area contributed by atoms with Crippen LogP contribution in [0.4, 0.5) is 17.1 Å². The molecule has 0 saturated heterocycles. The smallest absolute Gasteiger partial charge is 0.298 e. The maximum Gasteiger partial charge on any atom is 0.298 e. The summed E-state index contributed by atoms with van der Waals surface area (Å²) in [5, 5.41) is 40.6. The Labute approximate surface area is 104 Å². The molecule has 1 rings (SSSR count). The molecule has 0 atom stereocenters. The van der Waals surface area contributed by atoms with Crippen molar-refractivity contribution in [3.63, 3.8) is 0 Å². The maximum absolute atomic E-state index is 10.8. The molecular weight excluding hydrogens is 262 g/mol. The van der Waals surface area contributed by atoms with Crippen molar-refractivity contribution in [3.05, 3.63) is 48.0 Å². The van der Waals surface area contributed by atoms with Gasteiger partial charge in [-0.3, -0.25) is 30.3 Å². The highest BCUT2D eigenvalue weighted by molar-refractivity contribution is 5.67. The van der Waals surface area contributed by atoms with Crippen LogP contribution in [0.3, 0.4) is 0 Å². The minimum Gasteiger partial charge on any atom is -0.384 e. The molecule has 0 heterocycles. The van der Waals surface area contributed by atoms with Gasteiger partial charge in [-0.2, -0.15) is 0 Å². The van der Waals surface area contributed by atoms with Gasteiger partial charge in [-0.15, -0.1) is 0 Å². The zero-order valence-corrected chi connectivity index (χ0v) is 9.10. The van der Waals surface area contributed by atoms with Crippen molar-refractivity contribution in [1.82, 2.24) is 0 Å². The van der Waals surface area contributed by atoms with Crippen LogP contribution in [0.25, 0.3) is 0 Å². The highest BCUT2D eigenvalue weighted by Crippen LogP contribution is 2.32. The quantitative estimate of drug-likeness (QED) is 0.482. The predicted octanol–water partition coefficient (Wildman–Crippen LogP) is 0.755. The number of nitro benzene ring substituents is 3. The zero-order valence-electron chi connectivity index (χ0n) is 9.10. The van der Waals surface area contributed by atoms with Crippen LogP contribution in [0, 0.1) is 42.2 Å². The Balaban J connectivity index is 3.70. The Hall–Kier alpha value is -3.06. The van der Waals surface area contributed by atoms with Gasteiger partial charge in [-0.05, 0) is 0 Å². The maximum atomic E-state index is 10.8. The van der Waals surface area contributed by atoms with Crippen LogP contribution in [0.5, 0.6) is 0 Å². The summed E-state index contributed by atoms with van der Waals surface area (Å²) in [6.45, 7) is -0.661. The van der Waals surface area contributed by atoms with Crippen LogP contribution in [0.2, 0.25) is 0 Å². The number of rotatable bonds is 3. The van der Waals surface area contributed by atoms with Crippen LogP contribution in [0.15, 0.2) is 12.1 Å². The van der Waals surface area contributed by atoms with Crippen molar-refractivity contribution in [1.29, 1.82) is 0 Å². The lowest BCUT2D eigenvalue weighted by Gasteiger charge is -1.98. The Morgan fingerprint density at radius 1 is 1.00 bits per heavy atom. The van der Waals surface area contributed by atoms with E-state index < -0.39 is 44.0 Å². The van der Waals surface area contributed by atoms with Gasteiger partial charge < -0.3 is 5.11 Å². The highest BCUT2D eigenvalue weighted by Gasteiger charge is 2.29. The second kappa shape index (κ2) is 5.52. The standard InChI is InChI=1S/C9H5N3O7/c13-3-1-2-7-8(11(16)17)4-6(10(14)15)5-9(7)12(18)19/h4-5,13H,3H2. The fourth-order valence-corrected chi connectivity index (χ4v) is 1.25. The molecule has 0 aliphatic carbocycles. The first-order chi connectivity index (χ1) is 8.88. The van der Waals surface area contributed by atoms with E-state index in [2.05, 4.69) is 5.92 Å². The first-order valence-electron chi connectivity index (χ1n) is 4.59. The number of benzene rings is 1. The number of nitro groups is 3. The normalized spacial score (nSPS) is 9.32. The van der Waals surface area contributed by atoms with Gasteiger partial charge in [0.05, 0.1) is 26.9 Å². The van der Waals surface area contributed by atoms with Gasteiger partial charge in [0.15, 0.2) is 5.56 Å². The Morgan fingerprint density at radius 2 is 1.47 bits per heavy atom. The molecule has 0 bridgehead atoms. The summed E-state index contributed by atoms with van der Waals surface area (Å²) >= 11 is 0. The highest BCUT2D eigenvalue weighted by atomic mass is 16.6. The third-order valence-electron chi connectivity index (χ3n) is 1.98. The minimum atomic E-state index is -1.01. The van der Waals surface area contributed by atoms with Crippen LogP contribution in [-0.2, 0) is 0 Å². The van der Waals surface area contributed by atoms with E-state index in [1.165, 1.54) is 0 Å². The van der Waals surface area contributed by atoms with Crippen molar-refractivity contribution < 1.29 is 19.9 Å². The molecule has 0 spiro atoms. The fourth-order valence-electron chi connectivity index (χ4n) is 1.25. The molecule has 10 heteroatoms. The lowest BCUT2D eigenvalue weighted by atomic mass is 10.1. The average Bonchev–Trinajstić information content (AvgIpc) is 2.34. The van der Waals surface area contributed by atoms with E-state index in [1.54, 1.807) is 0 Å². The summed E-state index contributed by atoms with van der Waals surface area (Å²) in [4.78, 5) is 29.1. The SMILES string of the molecule is O=[N+]([O-])c1cc([N+](=O)[O-])c(C#CCO)c([N+](=O)[O-])c1. The van der Waals surface area contributed by atoms with E-state index in [4.69, 9.17) is 5.11 Å². The molecule has 0 saturated carbocycles. The van der Waals surface area contributed by atoms with Gasteiger partial charge in [-0.1, -0.05) is 11.8 Å². The largest absolute Gasteiger partial charge is 0.384 e. The summed E-state index contributed by atoms with van der Waals surface area (Å²) in [5.74, 6) is 4.09. The molecule has 0 aliphatic heterocycles. The van der Waals surface area contributed by atoms with Crippen molar-refractivity contribution in [2.75, 3.05) is 6.61 Å². The van der Waals surface area contributed by atoms with Crippen molar-refractivity contribution in [2.45, 2.75) is 0 Å². The molecule has 0 radical (unpaired) electrons.